The van der Waals surface area contributed by atoms with Gasteiger partial charge >= 0.3 is 0 Å². The van der Waals surface area contributed by atoms with Crippen molar-refractivity contribution in [2.45, 2.75) is 31.7 Å². The summed E-state index contributed by atoms with van der Waals surface area (Å²) in [5.41, 5.74) is 0. The summed E-state index contributed by atoms with van der Waals surface area (Å²) in [6, 6.07) is 0.638. The molecule has 0 N–H and O–H groups in total. The number of carbonyl (C=O) groups is 1. The van der Waals surface area contributed by atoms with Gasteiger partial charge in [0.25, 0.3) is 0 Å². The lowest BCUT2D eigenvalue weighted by Gasteiger charge is -2.37. The maximum Gasteiger partial charge on any atom is 0.222 e. The Bertz CT molecular complexity index is 235. The lowest BCUT2D eigenvalue weighted by Crippen LogP contribution is -2.52. The van der Waals surface area contributed by atoms with Crippen LogP contribution in [0.4, 0.5) is 0 Å². The summed E-state index contributed by atoms with van der Waals surface area (Å²) in [6.45, 7) is 4.16. The molecule has 86 valence electrons. The Morgan fingerprint density at radius 1 is 1.33 bits per heavy atom. The molecule has 2 heterocycles. The number of alkyl halides is 1. The quantitative estimate of drug-likeness (QED) is 0.683. The van der Waals surface area contributed by atoms with E-state index in [1.807, 2.05) is 4.90 Å². The molecule has 1 atom stereocenters. The number of fused-ring (bicyclic) bond motifs is 1. The first-order valence-electron chi connectivity index (χ1n) is 5.89. The van der Waals surface area contributed by atoms with Crippen molar-refractivity contribution in [3.05, 3.63) is 0 Å². The van der Waals surface area contributed by atoms with Gasteiger partial charge in [-0.05, 0) is 25.8 Å². The highest BCUT2D eigenvalue weighted by molar-refractivity contribution is 6.17. The molecule has 4 heteroatoms. The first kappa shape index (κ1) is 11.2. The fourth-order valence-electron chi connectivity index (χ4n) is 2.59. The van der Waals surface area contributed by atoms with Gasteiger partial charge in [0, 0.05) is 38.0 Å². The lowest BCUT2D eigenvalue weighted by atomic mass is 10.1. The number of carbonyl (C=O) groups excluding carboxylic acids is 1. The van der Waals surface area contributed by atoms with Crippen LogP contribution < -0.4 is 0 Å². The zero-order valence-corrected chi connectivity index (χ0v) is 9.88. The van der Waals surface area contributed by atoms with E-state index < -0.39 is 0 Å². The number of amides is 1. The number of hydrogen-bond donors (Lipinski definition) is 0. The highest BCUT2D eigenvalue weighted by atomic mass is 35.5. The second kappa shape index (κ2) is 5.17. The van der Waals surface area contributed by atoms with Crippen LogP contribution in [0.15, 0.2) is 0 Å². The van der Waals surface area contributed by atoms with Crippen LogP contribution in [0.5, 0.6) is 0 Å². The maximum absolute atomic E-state index is 11.8. The molecule has 0 saturated carbocycles. The van der Waals surface area contributed by atoms with Crippen molar-refractivity contribution in [3.63, 3.8) is 0 Å². The van der Waals surface area contributed by atoms with Crippen LogP contribution in [0.25, 0.3) is 0 Å². The van der Waals surface area contributed by atoms with E-state index >= 15 is 0 Å². The summed E-state index contributed by atoms with van der Waals surface area (Å²) in [6.07, 6.45) is 4.00. The summed E-state index contributed by atoms with van der Waals surface area (Å²) < 4.78 is 0. The molecule has 0 aromatic carbocycles. The molecular weight excluding hydrogens is 212 g/mol. The molecule has 2 fully saturated rings. The molecule has 1 unspecified atom stereocenters. The molecule has 0 aliphatic carbocycles. The van der Waals surface area contributed by atoms with E-state index in [4.69, 9.17) is 11.6 Å². The molecule has 15 heavy (non-hydrogen) atoms. The van der Waals surface area contributed by atoms with Crippen molar-refractivity contribution in [3.8, 4) is 0 Å². The van der Waals surface area contributed by atoms with Crippen LogP contribution in [0.1, 0.15) is 25.7 Å². The largest absolute Gasteiger partial charge is 0.340 e. The molecule has 0 aromatic heterocycles. The van der Waals surface area contributed by atoms with E-state index in [1.165, 1.54) is 19.4 Å². The molecule has 0 radical (unpaired) electrons. The van der Waals surface area contributed by atoms with Crippen molar-refractivity contribution < 1.29 is 4.79 Å². The molecular formula is C11H19ClN2O. The summed E-state index contributed by atoms with van der Waals surface area (Å²) in [5, 5.41) is 0. The molecule has 0 spiro atoms. The molecule has 2 aliphatic heterocycles. The van der Waals surface area contributed by atoms with Gasteiger partial charge in [-0.2, -0.15) is 0 Å². The topological polar surface area (TPSA) is 23.6 Å². The van der Waals surface area contributed by atoms with Crippen LogP contribution in [-0.4, -0.2) is 53.8 Å². The monoisotopic (exact) mass is 230 g/mol. The first-order valence-corrected chi connectivity index (χ1v) is 6.42. The fourth-order valence-corrected chi connectivity index (χ4v) is 2.73. The van der Waals surface area contributed by atoms with Gasteiger partial charge in [0.1, 0.15) is 0 Å². The van der Waals surface area contributed by atoms with Gasteiger partial charge in [0.05, 0.1) is 0 Å². The third kappa shape index (κ3) is 2.64. The Morgan fingerprint density at radius 2 is 2.20 bits per heavy atom. The number of halogens is 1. The van der Waals surface area contributed by atoms with Crippen molar-refractivity contribution in [2.24, 2.45) is 0 Å². The summed E-state index contributed by atoms with van der Waals surface area (Å²) in [7, 11) is 0. The van der Waals surface area contributed by atoms with Gasteiger partial charge in [0.2, 0.25) is 5.91 Å². The minimum Gasteiger partial charge on any atom is -0.340 e. The van der Waals surface area contributed by atoms with Crippen LogP contribution in [-0.2, 0) is 4.79 Å². The van der Waals surface area contributed by atoms with Gasteiger partial charge in [-0.25, -0.2) is 0 Å². The standard InChI is InChI=1S/C11H19ClN2O/c12-5-1-4-11(15)14-8-7-13-6-2-3-10(13)9-14/h10H,1-9H2. The number of piperazine rings is 1. The van der Waals surface area contributed by atoms with Crippen LogP contribution in [0, 0.1) is 0 Å². The minimum atomic E-state index is 0.294. The maximum atomic E-state index is 11.8. The van der Waals surface area contributed by atoms with Crippen molar-refractivity contribution in [1.82, 2.24) is 9.80 Å². The van der Waals surface area contributed by atoms with E-state index in [-0.39, 0.29) is 0 Å². The van der Waals surface area contributed by atoms with Crippen LogP contribution in [0.3, 0.4) is 0 Å². The zero-order valence-electron chi connectivity index (χ0n) is 9.12. The van der Waals surface area contributed by atoms with E-state index in [0.29, 0.717) is 24.2 Å². The van der Waals surface area contributed by atoms with Gasteiger partial charge < -0.3 is 4.90 Å². The number of rotatable bonds is 3. The molecule has 2 saturated heterocycles. The Labute approximate surface area is 96.4 Å². The van der Waals surface area contributed by atoms with Gasteiger partial charge in [-0.3, -0.25) is 9.69 Å². The second-order valence-corrected chi connectivity index (χ2v) is 4.84. The predicted octanol–water partition coefficient (Wildman–Crippen LogP) is 1.31. The third-order valence-corrected chi connectivity index (χ3v) is 3.73. The van der Waals surface area contributed by atoms with E-state index in [2.05, 4.69) is 4.90 Å². The Hall–Kier alpha value is -0.280. The van der Waals surface area contributed by atoms with E-state index in [1.54, 1.807) is 0 Å². The minimum absolute atomic E-state index is 0.294. The molecule has 3 nitrogen and oxygen atoms in total. The van der Waals surface area contributed by atoms with Crippen molar-refractivity contribution in [2.75, 3.05) is 32.1 Å². The summed E-state index contributed by atoms with van der Waals surface area (Å²) in [4.78, 5) is 16.3. The van der Waals surface area contributed by atoms with Crippen molar-refractivity contribution in [1.29, 1.82) is 0 Å². The van der Waals surface area contributed by atoms with Gasteiger partial charge in [-0.15, -0.1) is 11.6 Å². The second-order valence-electron chi connectivity index (χ2n) is 4.46. The molecule has 2 rings (SSSR count). The molecule has 1 amide bonds. The summed E-state index contributed by atoms with van der Waals surface area (Å²) >= 11 is 5.59. The lowest BCUT2D eigenvalue weighted by molar-refractivity contribution is -0.133. The predicted molar refractivity (Wildman–Crippen MR) is 61.1 cm³/mol. The average molecular weight is 231 g/mol. The van der Waals surface area contributed by atoms with E-state index in [0.717, 1.165) is 26.1 Å². The van der Waals surface area contributed by atoms with Gasteiger partial charge in [-0.1, -0.05) is 0 Å². The summed E-state index contributed by atoms with van der Waals surface area (Å²) in [5.74, 6) is 0.886. The highest BCUT2D eigenvalue weighted by Gasteiger charge is 2.31. The fraction of sp³-hybridized carbons (Fsp3) is 0.909. The highest BCUT2D eigenvalue weighted by Crippen LogP contribution is 2.21. The van der Waals surface area contributed by atoms with Gasteiger partial charge in [0.15, 0.2) is 0 Å². The van der Waals surface area contributed by atoms with Crippen LogP contribution in [0.2, 0.25) is 0 Å². The molecule has 2 aliphatic rings. The first-order chi connectivity index (χ1) is 7.31. The average Bonchev–Trinajstić information content (AvgIpc) is 2.72. The Morgan fingerprint density at radius 3 is 3.00 bits per heavy atom. The van der Waals surface area contributed by atoms with Crippen molar-refractivity contribution >= 4 is 17.5 Å². The van der Waals surface area contributed by atoms with Crippen LogP contribution >= 0.6 is 11.6 Å². The zero-order chi connectivity index (χ0) is 10.7. The van der Waals surface area contributed by atoms with E-state index in [9.17, 15) is 4.79 Å². The number of nitrogens with zero attached hydrogens (tertiary/aromatic N) is 2. The SMILES string of the molecule is O=C(CCCCl)N1CCN2CCCC2C1. The Balaban J connectivity index is 1.81. The third-order valence-electron chi connectivity index (χ3n) is 3.46. The normalized spacial score (nSPS) is 26.7. The number of hydrogen-bond acceptors (Lipinski definition) is 2. The molecule has 0 aromatic rings. The Kier molecular flexibility index (Phi) is 3.87. The smallest absolute Gasteiger partial charge is 0.222 e. The molecule has 0 bridgehead atoms.